The van der Waals surface area contributed by atoms with Crippen molar-refractivity contribution >= 4 is 12.6 Å². The average molecular weight is 280 g/mol. The van der Waals surface area contributed by atoms with Crippen molar-refractivity contribution in [2.45, 2.75) is 52.4 Å². The molecule has 19 heavy (non-hydrogen) atoms. The number of rotatable bonds is 8. The van der Waals surface area contributed by atoms with E-state index in [9.17, 15) is 0 Å². The fourth-order valence-corrected chi connectivity index (χ4v) is 2.34. The highest BCUT2D eigenvalue weighted by Crippen LogP contribution is 2.28. The zero-order valence-corrected chi connectivity index (χ0v) is 13.7. The summed E-state index contributed by atoms with van der Waals surface area (Å²) in [6.07, 6.45) is 3.52. The summed E-state index contributed by atoms with van der Waals surface area (Å²) in [6, 6.07) is 8.56. The second kappa shape index (κ2) is 7.84. The normalized spacial score (nSPS) is 13.3. The summed E-state index contributed by atoms with van der Waals surface area (Å²) < 4.78 is 5.86. The molecule has 0 saturated carbocycles. The first-order valence-electron chi connectivity index (χ1n) is 7.37. The highest BCUT2D eigenvalue weighted by atomic mass is 32.1. The van der Waals surface area contributed by atoms with E-state index < -0.39 is 0 Å². The van der Waals surface area contributed by atoms with Crippen molar-refractivity contribution in [3.63, 3.8) is 0 Å². The van der Waals surface area contributed by atoms with Crippen LogP contribution in [0.4, 0.5) is 0 Å². The largest absolute Gasteiger partial charge is 0.493 e. The van der Waals surface area contributed by atoms with Gasteiger partial charge in [0.1, 0.15) is 5.75 Å². The summed E-state index contributed by atoms with van der Waals surface area (Å²) in [5.74, 6) is 2.42. The molecule has 0 radical (unpaired) electrons. The van der Waals surface area contributed by atoms with Crippen LogP contribution in [0, 0.1) is 5.92 Å². The molecule has 0 heterocycles. The summed E-state index contributed by atoms with van der Waals surface area (Å²) in [5.41, 5.74) is 1.62. The lowest BCUT2D eigenvalue weighted by Crippen LogP contribution is -2.16. The monoisotopic (exact) mass is 280 g/mol. The molecule has 1 atom stereocenters. The number of benzene rings is 1. The Morgan fingerprint density at radius 3 is 2.26 bits per heavy atom. The van der Waals surface area contributed by atoms with Crippen molar-refractivity contribution in [1.82, 2.24) is 0 Å². The standard InChI is InChI=1S/C17H28OS/c1-5-7-14(13-19)12-18-16-10-8-15(9-11-16)17(3,4)6-2/h8-11,14,19H,5-7,12-13H2,1-4H3. The van der Waals surface area contributed by atoms with Gasteiger partial charge in [0.2, 0.25) is 0 Å². The van der Waals surface area contributed by atoms with Crippen LogP contribution in [0.5, 0.6) is 5.75 Å². The molecule has 0 fully saturated rings. The third-order valence-electron chi connectivity index (χ3n) is 3.96. The minimum Gasteiger partial charge on any atom is -0.493 e. The van der Waals surface area contributed by atoms with Gasteiger partial charge in [-0.15, -0.1) is 0 Å². The van der Waals surface area contributed by atoms with E-state index in [-0.39, 0.29) is 5.41 Å². The Morgan fingerprint density at radius 2 is 1.79 bits per heavy atom. The summed E-state index contributed by atoms with van der Waals surface area (Å²) in [5, 5.41) is 0. The topological polar surface area (TPSA) is 9.23 Å². The van der Waals surface area contributed by atoms with Crippen LogP contribution in [-0.2, 0) is 5.41 Å². The van der Waals surface area contributed by atoms with Gasteiger partial charge in [0.15, 0.2) is 0 Å². The van der Waals surface area contributed by atoms with E-state index in [0.717, 1.165) is 24.5 Å². The molecular weight excluding hydrogens is 252 g/mol. The fraction of sp³-hybridized carbons (Fsp3) is 0.647. The second-order valence-corrected chi connectivity index (χ2v) is 6.28. The Morgan fingerprint density at radius 1 is 1.16 bits per heavy atom. The van der Waals surface area contributed by atoms with Crippen molar-refractivity contribution in [2.75, 3.05) is 12.4 Å². The van der Waals surface area contributed by atoms with Gasteiger partial charge >= 0.3 is 0 Å². The van der Waals surface area contributed by atoms with Crippen LogP contribution < -0.4 is 4.74 Å². The van der Waals surface area contributed by atoms with Crippen LogP contribution in [-0.4, -0.2) is 12.4 Å². The molecule has 1 rings (SSSR count). The van der Waals surface area contributed by atoms with Crippen LogP contribution >= 0.6 is 12.6 Å². The van der Waals surface area contributed by atoms with E-state index in [4.69, 9.17) is 4.74 Å². The van der Waals surface area contributed by atoms with Crippen LogP contribution in [0.25, 0.3) is 0 Å². The summed E-state index contributed by atoms with van der Waals surface area (Å²) >= 11 is 4.38. The van der Waals surface area contributed by atoms with Gasteiger partial charge in [0, 0.05) is 5.92 Å². The molecule has 0 amide bonds. The molecule has 0 saturated heterocycles. The molecular formula is C17H28OS. The average Bonchev–Trinajstić information content (AvgIpc) is 2.44. The molecule has 0 N–H and O–H groups in total. The quantitative estimate of drug-likeness (QED) is 0.652. The molecule has 0 aliphatic rings. The highest BCUT2D eigenvalue weighted by molar-refractivity contribution is 7.80. The molecule has 1 nitrogen and oxygen atoms in total. The number of ether oxygens (including phenoxy) is 1. The van der Waals surface area contributed by atoms with Crippen molar-refractivity contribution in [2.24, 2.45) is 5.92 Å². The molecule has 0 spiro atoms. The molecule has 2 heteroatoms. The van der Waals surface area contributed by atoms with Gasteiger partial charge in [0.05, 0.1) is 6.61 Å². The Balaban J connectivity index is 2.57. The Labute approximate surface area is 124 Å². The van der Waals surface area contributed by atoms with Gasteiger partial charge < -0.3 is 4.74 Å². The Bertz CT molecular complexity index is 356. The van der Waals surface area contributed by atoms with Crippen LogP contribution in [0.1, 0.15) is 52.5 Å². The van der Waals surface area contributed by atoms with Crippen molar-refractivity contribution < 1.29 is 4.74 Å². The maximum atomic E-state index is 5.86. The lowest BCUT2D eigenvalue weighted by molar-refractivity contribution is 0.254. The molecule has 108 valence electrons. The van der Waals surface area contributed by atoms with Gasteiger partial charge in [0.25, 0.3) is 0 Å². The van der Waals surface area contributed by atoms with Crippen LogP contribution in [0.15, 0.2) is 24.3 Å². The molecule has 0 aliphatic carbocycles. The smallest absolute Gasteiger partial charge is 0.119 e. The molecule has 1 unspecified atom stereocenters. The molecule has 0 bridgehead atoms. The van der Waals surface area contributed by atoms with Crippen LogP contribution in [0.2, 0.25) is 0 Å². The van der Waals surface area contributed by atoms with E-state index in [2.05, 4.69) is 64.6 Å². The first-order valence-corrected chi connectivity index (χ1v) is 8.01. The van der Waals surface area contributed by atoms with Gasteiger partial charge in [-0.25, -0.2) is 0 Å². The minimum absolute atomic E-state index is 0.244. The highest BCUT2D eigenvalue weighted by Gasteiger charge is 2.17. The molecule has 1 aromatic rings. The van der Waals surface area contributed by atoms with E-state index in [1.165, 1.54) is 18.4 Å². The van der Waals surface area contributed by atoms with E-state index in [0.29, 0.717) is 5.92 Å². The minimum atomic E-state index is 0.244. The summed E-state index contributed by atoms with van der Waals surface area (Å²) in [7, 11) is 0. The zero-order chi connectivity index (χ0) is 14.3. The SMILES string of the molecule is CCCC(CS)COc1ccc(C(C)(C)CC)cc1. The Kier molecular flexibility index (Phi) is 6.78. The third kappa shape index (κ3) is 5.10. The van der Waals surface area contributed by atoms with E-state index in [1.54, 1.807) is 0 Å². The lowest BCUT2D eigenvalue weighted by atomic mass is 9.82. The van der Waals surface area contributed by atoms with Crippen molar-refractivity contribution in [3.05, 3.63) is 29.8 Å². The first-order chi connectivity index (χ1) is 9.03. The molecule has 0 aliphatic heterocycles. The first kappa shape index (κ1) is 16.4. The molecule has 0 aromatic heterocycles. The Hall–Kier alpha value is -0.630. The predicted molar refractivity (Wildman–Crippen MR) is 87.5 cm³/mol. The number of hydrogen-bond donors (Lipinski definition) is 1. The van der Waals surface area contributed by atoms with Crippen LogP contribution in [0.3, 0.4) is 0 Å². The van der Waals surface area contributed by atoms with Gasteiger partial charge in [-0.3, -0.25) is 0 Å². The van der Waals surface area contributed by atoms with E-state index >= 15 is 0 Å². The van der Waals surface area contributed by atoms with Gasteiger partial charge in [-0.05, 0) is 41.7 Å². The zero-order valence-electron chi connectivity index (χ0n) is 12.8. The number of hydrogen-bond acceptors (Lipinski definition) is 2. The van der Waals surface area contributed by atoms with E-state index in [1.807, 2.05) is 0 Å². The summed E-state index contributed by atoms with van der Waals surface area (Å²) in [6.45, 7) is 9.76. The lowest BCUT2D eigenvalue weighted by Gasteiger charge is -2.23. The predicted octanol–water partition coefficient (Wildman–Crippen LogP) is 5.10. The van der Waals surface area contributed by atoms with Gasteiger partial charge in [-0.2, -0.15) is 12.6 Å². The second-order valence-electron chi connectivity index (χ2n) is 5.91. The van der Waals surface area contributed by atoms with Crippen molar-refractivity contribution in [1.29, 1.82) is 0 Å². The third-order valence-corrected chi connectivity index (χ3v) is 4.48. The maximum absolute atomic E-state index is 5.86. The fourth-order valence-electron chi connectivity index (χ4n) is 2.06. The number of thiol groups is 1. The molecule has 1 aromatic carbocycles. The summed E-state index contributed by atoms with van der Waals surface area (Å²) in [4.78, 5) is 0. The maximum Gasteiger partial charge on any atom is 0.119 e. The van der Waals surface area contributed by atoms with Crippen molar-refractivity contribution in [3.8, 4) is 5.75 Å². The van der Waals surface area contributed by atoms with Gasteiger partial charge in [-0.1, -0.05) is 46.2 Å².